The van der Waals surface area contributed by atoms with Gasteiger partial charge in [0.1, 0.15) is 5.75 Å². The molecule has 0 unspecified atom stereocenters. The molecule has 0 spiro atoms. The van der Waals surface area contributed by atoms with Gasteiger partial charge in [0.05, 0.1) is 7.11 Å². The van der Waals surface area contributed by atoms with E-state index < -0.39 is 0 Å². The van der Waals surface area contributed by atoms with E-state index in [4.69, 9.17) is 15.0 Å². The quantitative estimate of drug-likeness (QED) is 0.777. The molecule has 106 valence electrons. The van der Waals surface area contributed by atoms with E-state index in [1.54, 1.807) is 7.11 Å². The van der Waals surface area contributed by atoms with Gasteiger partial charge in [-0.3, -0.25) is 0 Å². The molecule has 7 nitrogen and oxygen atoms in total. The van der Waals surface area contributed by atoms with E-state index in [2.05, 4.69) is 20.1 Å². The predicted molar refractivity (Wildman–Crippen MR) is 75.5 cm³/mol. The van der Waals surface area contributed by atoms with E-state index in [1.165, 1.54) is 12.4 Å². The van der Waals surface area contributed by atoms with E-state index in [0.717, 1.165) is 11.3 Å². The Balaban J connectivity index is 1.80. The molecule has 3 aromatic rings. The molecule has 0 amide bonds. The molecule has 0 saturated heterocycles. The number of benzene rings is 1. The molecule has 21 heavy (non-hydrogen) atoms. The Hall–Kier alpha value is -2.96. The molecule has 2 heterocycles. The topological polar surface area (TPSA) is 100.0 Å². The molecular formula is C14H13N5O2. The molecule has 0 aliphatic rings. The molecule has 0 saturated carbocycles. The Morgan fingerprint density at radius 3 is 2.62 bits per heavy atom. The fraction of sp³-hybridized carbons (Fsp3) is 0.143. The van der Waals surface area contributed by atoms with Crippen molar-refractivity contribution >= 4 is 5.82 Å². The third-order valence-electron chi connectivity index (χ3n) is 2.92. The van der Waals surface area contributed by atoms with Crippen LogP contribution in [0, 0.1) is 0 Å². The van der Waals surface area contributed by atoms with Crippen molar-refractivity contribution in [2.45, 2.75) is 6.42 Å². The standard InChI is InChI=1S/C14H13N5O2/c1-20-10-4-2-9(3-5-10)8-11-18-14(21-19-11)12-13(15)17-7-6-16-12/h2-7H,8H2,1H3,(H2,15,17). The van der Waals surface area contributed by atoms with Gasteiger partial charge in [-0.1, -0.05) is 17.3 Å². The van der Waals surface area contributed by atoms with Crippen LogP contribution in [0.5, 0.6) is 5.75 Å². The summed E-state index contributed by atoms with van der Waals surface area (Å²) < 4.78 is 10.3. The molecule has 2 aromatic heterocycles. The van der Waals surface area contributed by atoms with Gasteiger partial charge in [0.2, 0.25) is 0 Å². The lowest BCUT2D eigenvalue weighted by Crippen LogP contribution is -1.96. The van der Waals surface area contributed by atoms with Gasteiger partial charge in [0, 0.05) is 18.8 Å². The lowest BCUT2D eigenvalue weighted by atomic mass is 10.1. The number of rotatable bonds is 4. The second kappa shape index (κ2) is 5.58. The molecule has 0 aliphatic carbocycles. The van der Waals surface area contributed by atoms with Crippen LogP contribution < -0.4 is 10.5 Å². The zero-order chi connectivity index (χ0) is 14.7. The zero-order valence-corrected chi connectivity index (χ0v) is 11.4. The largest absolute Gasteiger partial charge is 0.497 e. The lowest BCUT2D eigenvalue weighted by molar-refractivity contribution is 0.414. The fourth-order valence-electron chi connectivity index (χ4n) is 1.86. The highest BCUT2D eigenvalue weighted by Gasteiger charge is 2.13. The highest BCUT2D eigenvalue weighted by Crippen LogP contribution is 2.20. The van der Waals surface area contributed by atoms with Gasteiger partial charge < -0.3 is 15.0 Å². The molecular weight excluding hydrogens is 270 g/mol. The van der Waals surface area contributed by atoms with E-state index in [0.29, 0.717) is 17.9 Å². The zero-order valence-electron chi connectivity index (χ0n) is 11.4. The summed E-state index contributed by atoms with van der Waals surface area (Å²) in [6.45, 7) is 0. The molecule has 0 bridgehead atoms. The van der Waals surface area contributed by atoms with Crippen molar-refractivity contribution in [1.29, 1.82) is 0 Å². The first-order valence-corrected chi connectivity index (χ1v) is 6.28. The number of aromatic nitrogens is 4. The van der Waals surface area contributed by atoms with Crippen LogP contribution in [0.2, 0.25) is 0 Å². The van der Waals surface area contributed by atoms with Crippen LogP contribution in [0.1, 0.15) is 11.4 Å². The minimum Gasteiger partial charge on any atom is -0.497 e. The van der Waals surface area contributed by atoms with Gasteiger partial charge in [0.15, 0.2) is 17.3 Å². The molecule has 3 rings (SSSR count). The first-order chi connectivity index (χ1) is 10.3. The van der Waals surface area contributed by atoms with E-state index in [9.17, 15) is 0 Å². The van der Waals surface area contributed by atoms with E-state index in [-0.39, 0.29) is 11.7 Å². The molecule has 7 heteroatoms. The normalized spacial score (nSPS) is 10.5. The van der Waals surface area contributed by atoms with Crippen molar-refractivity contribution in [1.82, 2.24) is 20.1 Å². The Labute approximate surface area is 120 Å². The van der Waals surface area contributed by atoms with Crippen molar-refractivity contribution in [2.75, 3.05) is 12.8 Å². The molecule has 0 radical (unpaired) electrons. The maximum absolute atomic E-state index is 5.73. The summed E-state index contributed by atoms with van der Waals surface area (Å²) in [6, 6.07) is 7.67. The van der Waals surface area contributed by atoms with Crippen LogP contribution in [0.4, 0.5) is 5.82 Å². The summed E-state index contributed by atoms with van der Waals surface area (Å²) in [4.78, 5) is 12.3. The van der Waals surface area contributed by atoms with Gasteiger partial charge in [-0.25, -0.2) is 9.97 Å². The van der Waals surface area contributed by atoms with Gasteiger partial charge >= 0.3 is 0 Å². The SMILES string of the molecule is COc1ccc(Cc2noc(-c3nccnc3N)n2)cc1. The predicted octanol–water partition coefficient (Wildman–Crippen LogP) is 1.71. The Kier molecular flexibility index (Phi) is 3.46. The van der Waals surface area contributed by atoms with Crippen LogP contribution in [0.3, 0.4) is 0 Å². The average Bonchev–Trinajstić information content (AvgIpc) is 2.97. The smallest absolute Gasteiger partial charge is 0.280 e. The van der Waals surface area contributed by atoms with Crippen LogP contribution in [0.25, 0.3) is 11.6 Å². The summed E-state index contributed by atoms with van der Waals surface area (Å²) in [7, 11) is 1.63. The third-order valence-corrected chi connectivity index (χ3v) is 2.92. The number of nitrogens with zero attached hydrogens (tertiary/aromatic N) is 4. The fourth-order valence-corrected chi connectivity index (χ4v) is 1.86. The van der Waals surface area contributed by atoms with E-state index >= 15 is 0 Å². The van der Waals surface area contributed by atoms with Crippen molar-refractivity contribution < 1.29 is 9.26 Å². The maximum atomic E-state index is 5.73. The number of nitrogen functional groups attached to an aromatic ring is 1. The van der Waals surface area contributed by atoms with Crippen LogP contribution in [0.15, 0.2) is 41.2 Å². The minimum absolute atomic E-state index is 0.261. The van der Waals surface area contributed by atoms with Crippen LogP contribution >= 0.6 is 0 Å². The van der Waals surface area contributed by atoms with Crippen LogP contribution in [-0.2, 0) is 6.42 Å². The third kappa shape index (κ3) is 2.81. The maximum Gasteiger partial charge on any atom is 0.280 e. The lowest BCUT2D eigenvalue weighted by Gasteiger charge is -2.00. The second-order valence-corrected chi connectivity index (χ2v) is 4.33. The summed E-state index contributed by atoms with van der Waals surface area (Å²) >= 11 is 0. The van der Waals surface area contributed by atoms with Crippen molar-refractivity contribution in [3.05, 3.63) is 48.0 Å². The Morgan fingerprint density at radius 2 is 1.90 bits per heavy atom. The number of hydrogen-bond acceptors (Lipinski definition) is 7. The van der Waals surface area contributed by atoms with Gasteiger partial charge in [-0.15, -0.1) is 0 Å². The second-order valence-electron chi connectivity index (χ2n) is 4.33. The first kappa shape index (κ1) is 13.0. The number of hydrogen-bond donors (Lipinski definition) is 1. The summed E-state index contributed by atoms with van der Waals surface area (Å²) in [5.74, 6) is 1.89. The highest BCUT2D eigenvalue weighted by atomic mass is 16.5. The van der Waals surface area contributed by atoms with Crippen LogP contribution in [-0.4, -0.2) is 27.2 Å². The number of anilines is 1. The molecule has 0 fully saturated rings. The Morgan fingerprint density at radius 1 is 1.14 bits per heavy atom. The summed E-state index contributed by atoms with van der Waals surface area (Å²) in [5.41, 5.74) is 7.18. The molecule has 2 N–H and O–H groups in total. The molecule has 1 aromatic carbocycles. The van der Waals surface area contributed by atoms with Crippen molar-refractivity contribution in [3.63, 3.8) is 0 Å². The molecule has 0 aliphatic heterocycles. The number of methoxy groups -OCH3 is 1. The van der Waals surface area contributed by atoms with Gasteiger partial charge in [-0.2, -0.15) is 4.98 Å². The minimum atomic E-state index is 0.261. The summed E-state index contributed by atoms with van der Waals surface area (Å²) in [6.07, 6.45) is 3.58. The summed E-state index contributed by atoms with van der Waals surface area (Å²) in [5, 5.41) is 3.93. The highest BCUT2D eigenvalue weighted by molar-refractivity contribution is 5.61. The van der Waals surface area contributed by atoms with Gasteiger partial charge in [0.25, 0.3) is 5.89 Å². The van der Waals surface area contributed by atoms with Crippen molar-refractivity contribution in [3.8, 4) is 17.3 Å². The number of nitrogens with two attached hydrogens (primary N) is 1. The van der Waals surface area contributed by atoms with E-state index in [1.807, 2.05) is 24.3 Å². The number of ether oxygens (including phenoxy) is 1. The van der Waals surface area contributed by atoms with Crippen molar-refractivity contribution in [2.24, 2.45) is 0 Å². The monoisotopic (exact) mass is 283 g/mol. The first-order valence-electron chi connectivity index (χ1n) is 6.28. The van der Waals surface area contributed by atoms with Gasteiger partial charge in [-0.05, 0) is 17.7 Å². The Bertz CT molecular complexity index is 739. The molecule has 0 atom stereocenters. The average molecular weight is 283 g/mol.